The summed E-state index contributed by atoms with van der Waals surface area (Å²) in [6, 6.07) is 27.5. The first kappa shape index (κ1) is 21.7. The van der Waals surface area contributed by atoms with Crippen molar-refractivity contribution in [3.05, 3.63) is 112 Å². The Kier molecular flexibility index (Phi) is 6.03. The molecule has 34 heavy (non-hydrogen) atoms. The normalized spacial score (nSPS) is 14.8. The van der Waals surface area contributed by atoms with Crippen LogP contribution >= 0.6 is 11.8 Å². The van der Waals surface area contributed by atoms with E-state index in [9.17, 15) is 9.59 Å². The van der Waals surface area contributed by atoms with Gasteiger partial charge in [-0.05, 0) is 53.6 Å². The van der Waals surface area contributed by atoms with Gasteiger partial charge in [-0.15, -0.1) is 0 Å². The molecule has 1 aliphatic heterocycles. The van der Waals surface area contributed by atoms with Gasteiger partial charge in [-0.1, -0.05) is 60.7 Å². The van der Waals surface area contributed by atoms with Gasteiger partial charge in [-0.3, -0.25) is 14.5 Å². The molecule has 5 nitrogen and oxygen atoms in total. The zero-order valence-corrected chi connectivity index (χ0v) is 19.2. The highest BCUT2D eigenvalue weighted by molar-refractivity contribution is 8.18. The van der Waals surface area contributed by atoms with Crippen molar-refractivity contribution >= 4 is 39.9 Å². The van der Waals surface area contributed by atoms with Crippen LogP contribution in [-0.2, 0) is 17.8 Å². The zero-order chi connectivity index (χ0) is 23.5. The maximum Gasteiger partial charge on any atom is 0.293 e. The number of hydrogen-bond donors (Lipinski definition) is 0. The van der Waals surface area contributed by atoms with Gasteiger partial charge in [0.2, 0.25) is 0 Å². The molecule has 0 radical (unpaired) electrons. The second-order valence-corrected chi connectivity index (χ2v) is 9.10. The fourth-order valence-corrected chi connectivity index (χ4v) is 4.98. The molecule has 5 rings (SSSR count). The number of rotatable bonds is 6. The van der Waals surface area contributed by atoms with Gasteiger partial charge in [0.15, 0.2) is 0 Å². The molecule has 6 heteroatoms. The predicted molar refractivity (Wildman–Crippen MR) is 135 cm³/mol. The van der Waals surface area contributed by atoms with Crippen molar-refractivity contribution in [2.24, 2.45) is 0 Å². The third kappa shape index (κ3) is 4.39. The maximum absolute atomic E-state index is 13.0. The van der Waals surface area contributed by atoms with E-state index < -0.39 is 0 Å². The number of carbonyl (C=O) groups excluding carboxylic acids is 2. The number of nitriles is 1. The first-order valence-corrected chi connectivity index (χ1v) is 11.8. The van der Waals surface area contributed by atoms with Crippen LogP contribution in [0.4, 0.5) is 4.79 Å². The van der Waals surface area contributed by atoms with E-state index >= 15 is 0 Å². The number of nitrogens with zero attached hydrogens (tertiary/aromatic N) is 3. The molecule has 1 saturated heterocycles. The molecule has 2 amide bonds. The molecule has 1 aliphatic rings. The van der Waals surface area contributed by atoms with Crippen LogP contribution in [0.5, 0.6) is 0 Å². The van der Waals surface area contributed by atoms with E-state index in [1.165, 1.54) is 4.90 Å². The van der Waals surface area contributed by atoms with Crippen LogP contribution in [0.1, 0.15) is 22.3 Å². The standard InChI is InChI=1S/C28H21N3O2S/c29-17-21-10-12-22(13-11-21)18-30-19-23(24-8-4-5-9-25(24)30)16-26-27(32)31(28(33)34-26)15-14-20-6-2-1-3-7-20/h1-13,16,19H,14-15,18H2/b26-16-. The lowest BCUT2D eigenvalue weighted by Gasteiger charge is -2.12. The molecule has 166 valence electrons. The summed E-state index contributed by atoms with van der Waals surface area (Å²) in [4.78, 5) is 27.4. The Morgan fingerprint density at radius 3 is 2.38 bits per heavy atom. The average Bonchev–Trinajstić information content (AvgIpc) is 3.35. The molecule has 1 aromatic heterocycles. The Labute approximate surface area is 201 Å². The fraction of sp³-hybridized carbons (Fsp3) is 0.107. The number of aromatic nitrogens is 1. The number of benzene rings is 3. The second kappa shape index (κ2) is 9.42. The third-order valence-electron chi connectivity index (χ3n) is 5.88. The molecule has 4 aromatic rings. The lowest BCUT2D eigenvalue weighted by molar-refractivity contribution is -0.122. The van der Waals surface area contributed by atoms with Gasteiger partial charge in [0.1, 0.15) is 0 Å². The molecule has 0 aliphatic carbocycles. The summed E-state index contributed by atoms with van der Waals surface area (Å²) in [7, 11) is 0. The highest BCUT2D eigenvalue weighted by Crippen LogP contribution is 2.34. The summed E-state index contributed by atoms with van der Waals surface area (Å²) in [5, 5.41) is 9.82. The molecular formula is C28H21N3O2S. The summed E-state index contributed by atoms with van der Waals surface area (Å²) in [6.45, 7) is 1.01. The number of thioether (sulfide) groups is 1. The minimum Gasteiger partial charge on any atom is -0.342 e. The van der Waals surface area contributed by atoms with Crippen LogP contribution in [0, 0.1) is 11.3 Å². The average molecular weight is 464 g/mol. The van der Waals surface area contributed by atoms with E-state index in [2.05, 4.69) is 10.6 Å². The third-order valence-corrected chi connectivity index (χ3v) is 6.79. The molecule has 0 unspecified atom stereocenters. The van der Waals surface area contributed by atoms with Gasteiger partial charge in [0, 0.05) is 35.8 Å². The molecule has 3 aromatic carbocycles. The first-order valence-electron chi connectivity index (χ1n) is 11.0. The van der Waals surface area contributed by atoms with Gasteiger partial charge < -0.3 is 4.57 Å². The molecule has 1 fully saturated rings. The quantitative estimate of drug-likeness (QED) is 0.337. The molecule has 0 saturated carbocycles. The smallest absolute Gasteiger partial charge is 0.293 e. The maximum atomic E-state index is 13.0. The molecule has 0 atom stereocenters. The van der Waals surface area contributed by atoms with E-state index in [0.29, 0.717) is 30.0 Å². The summed E-state index contributed by atoms with van der Waals surface area (Å²) in [5.74, 6) is -0.241. The van der Waals surface area contributed by atoms with Crippen LogP contribution < -0.4 is 0 Å². The first-order chi connectivity index (χ1) is 16.6. The van der Waals surface area contributed by atoms with Gasteiger partial charge in [-0.25, -0.2) is 0 Å². The van der Waals surface area contributed by atoms with E-state index in [4.69, 9.17) is 5.26 Å². The van der Waals surface area contributed by atoms with Crippen LogP contribution in [0.2, 0.25) is 0 Å². The second-order valence-electron chi connectivity index (χ2n) is 8.11. The predicted octanol–water partition coefficient (Wildman–Crippen LogP) is 5.84. The number of hydrogen-bond acceptors (Lipinski definition) is 4. The monoisotopic (exact) mass is 463 g/mol. The van der Waals surface area contributed by atoms with Gasteiger partial charge in [-0.2, -0.15) is 5.26 Å². The van der Waals surface area contributed by atoms with Crippen LogP contribution in [0.3, 0.4) is 0 Å². The number of amides is 2. The lowest BCUT2D eigenvalue weighted by atomic mass is 10.1. The zero-order valence-electron chi connectivity index (χ0n) is 18.3. The summed E-state index contributed by atoms with van der Waals surface area (Å²) >= 11 is 0.996. The molecule has 0 N–H and O–H groups in total. The Balaban J connectivity index is 1.40. The minimum atomic E-state index is -0.241. The van der Waals surface area contributed by atoms with Crippen molar-refractivity contribution in [3.8, 4) is 6.07 Å². The number of para-hydroxylation sites is 1. The molecule has 0 bridgehead atoms. The SMILES string of the molecule is N#Cc1ccc(Cn2cc(/C=C3\SC(=O)N(CCc4ccccc4)C3=O)c3ccccc32)cc1. The van der Waals surface area contributed by atoms with Gasteiger partial charge in [0.05, 0.1) is 16.5 Å². The largest absolute Gasteiger partial charge is 0.342 e. The van der Waals surface area contributed by atoms with Gasteiger partial charge in [0.25, 0.3) is 11.1 Å². The molecule has 0 spiro atoms. The lowest BCUT2D eigenvalue weighted by Crippen LogP contribution is -2.30. The van der Waals surface area contributed by atoms with Gasteiger partial charge >= 0.3 is 0 Å². The Morgan fingerprint density at radius 1 is 0.882 bits per heavy atom. The highest BCUT2D eigenvalue weighted by Gasteiger charge is 2.34. The van der Waals surface area contributed by atoms with E-state index in [-0.39, 0.29) is 11.1 Å². The highest BCUT2D eigenvalue weighted by atomic mass is 32.2. The number of carbonyl (C=O) groups is 2. The van der Waals surface area contributed by atoms with Crippen LogP contribution in [0.25, 0.3) is 17.0 Å². The fourth-order valence-electron chi connectivity index (χ4n) is 4.12. The number of imide groups is 1. The van der Waals surface area contributed by atoms with E-state index in [0.717, 1.165) is 39.4 Å². The van der Waals surface area contributed by atoms with E-state index in [1.807, 2.05) is 91.1 Å². The topological polar surface area (TPSA) is 66.1 Å². The van der Waals surface area contributed by atoms with E-state index in [1.54, 1.807) is 0 Å². The van der Waals surface area contributed by atoms with Crippen LogP contribution in [-0.4, -0.2) is 27.2 Å². The molecule has 2 heterocycles. The Bertz CT molecular complexity index is 1450. The summed E-state index contributed by atoms with van der Waals surface area (Å²) in [6.07, 6.45) is 4.47. The van der Waals surface area contributed by atoms with Crippen molar-refractivity contribution in [3.63, 3.8) is 0 Å². The van der Waals surface area contributed by atoms with Crippen molar-refractivity contribution in [2.75, 3.05) is 6.54 Å². The number of fused-ring (bicyclic) bond motifs is 1. The Morgan fingerprint density at radius 2 is 1.62 bits per heavy atom. The summed E-state index contributed by atoms with van der Waals surface area (Å²) in [5.41, 5.74) is 4.74. The summed E-state index contributed by atoms with van der Waals surface area (Å²) < 4.78 is 2.13. The van der Waals surface area contributed by atoms with Crippen molar-refractivity contribution in [1.82, 2.24) is 9.47 Å². The minimum absolute atomic E-state index is 0.228. The van der Waals surface area contributed by atoms with Crippen molar-refractivity contribution in [2.45, 2.75) is 13.0 Å². The van der Waals surface area contributed by atoms with Crippen molar-refractivity contribution in [1.29, 1.82) is 5.26 Å². The van der Waals surface area contributed by atoms with Crippen molar-refractivity contribution < 1.29 is 9.59 Å². The molecular weight excluding hydrogens is 442 g/mol. The van der Waals surface area contributed by atoms with Crippen LogP contribution in [0.15, 0.2) is 90.0 Å². The Hall–Kier alpha value is -4.08.